The molecule has 10 heteroatoms. The molecular weight excluding hydrogens is 474 g/mol. The predicted molar refractivity (Wildman–Crippen MR) is 138 cm³/mol. The number of urea groups is 1. The molecular formula is C27H39N5O5. The molecule has 1 aromatic carbocycles. The van der Waals surface area contributed by atoms with Gasteiger partial charge in [-0.3, -0.25) is 15.0 Å². The molecule has 1 aliphatic carbocycles. The number of hydrogen-bond acceptors (Lipinski definition) is 6. The second-order valence-electron chi connectivity index (χ2n) is 10.2. The summed E-state index contributed by atoms with van der Waals surface area (Å²) in [6, 6.07) is 7.62. The Morgan fingerprint density at radius 2 is 1.59 bits per heavy atom. The van der Waals surface area contributed by atoms with Crippen LogP contribution >= 0.6 is 0 Å². The minimum absolute atomic E-state index is 0.0489. The SMILES string of the molecule is COC(=O)C1CCC(N(CC(=O)N2CCOCC2)C(=O)N2CCC(c3ccc(C(=N)N)cc3)CC2)CC1. The number of methoxy groups -OCH3 is 1. The summed E-state index contributed by atoms with van der Waals surface area (Å²) in [4.78, 5) is 44.3. The van der Waals surface area contributed by atoms with Gasteiger partial charge in [0.2, 0.25) is 5.91 Å². The summed E-state index contributed by atoms with van der Waals surface area (Å²) >= 11 is 0. The number of benzene rings is 1. The molecule has 3 N–H and O–H groups in total. The zero-order valence-corrected chi connectivity index (χ0v) is 21.7. The summed E-state index contributed by atoms with van der Waals surface area (Å²) in [7, 11) is 1.41. The van der Waals surface area contributed by atoms with Crippen LogP contribution in [0.2, 0.25) is 0 Å². The Labute approximate surface area is 218 Å². The molecule has 0 bridgehead atoms. The van der Waals surface area contributed by atoms with Gasteiger partial charge in [0.25, 0.3) is 0 Å². The first kappa shape index (κ1) is 26.9. The number of amidine groups is 1. The van der Waals surface area contributed by atoms with Gasteiger partial charge in [0.1, 0.15) is 12.4 Å². The summed E-state index contributed by atoms with van der Waals surface area (Å²) < 4.78 is 10.3. The Kier molecular flexibility index (Phi) is 9.02. The molecule has 0 unspecified atom stereocenters. The minimum Gasteiger partial charge on any atom is -0.469 e. The average molecular weight is 514 g/mol. The van der Waals surface area contributed by atoms with E-state index < -0.39 is 0 Å². The molecule has 1 saturated carbocycles. The fourth-order valence-electron chi connectivity index (χ4n) is 5.72. The first-order chi connectivity index (χ1) is 17.9. The number of esters is 1. The van der Waals surface area contributed by atoms with E-state index in [0.29, 0.717) is 76.6 Å². The molecule has 37 heavy (non-hydrogen) atoms. The highest BCUT2D eigenvalue weighted by Gasteiger charge is 2.36. The number of nitrogens with zero attached hydrogens (tertiary/aromatic N) is 3. The summed E-state index contributed by atoms with van der Waals surface area (Å²) in [5.41, 5.74) is 7.47. The molecule has 0 radical (unpaired) electrons. The van der Waals surface area contributed by atoms with Crippen molar-refractivity contribution in [2.75, 3.05) is 53.0 Å². The Morgan fingerprint density at radius 3 is 2.16 bits per heavy atom. The number of nitrogens with one attached hydrogen (secondary N) is 1. The topological polar surface area (TPSA) is 129 Å². The predicted octanol–water partition coefficient (Wildman–Crippen LogP) is 2.16. The van der Waals surface area contributed by atoms with Crippen molar-refractivity contribution in [3.05, 3.63) is 35.4 Å². The van der Waals surface area contributed by atoms with Gasteiger partial charge in [-0.1, -0.05) is 24.3 Å². The molecule has 0 spiro atoms. The van der Waals surface area contributed by atoms with Crippen molar-refractivity contribution in [1.82, 2.24) is 14.7 Å². The lowest BCUT2D eigenvalue weighted by Crippen LogP contribution is -2.55. The van der Waals surface area contributed by atoms with Crippen LogP contribution in [0.5, 0.6) is 0 Å². The van der Waals surface area contributed by atoms with Gasteiger partial charge in [0, 0.05) is 37.8 Å². The normalized spacial score (nSPS) is 22.8. The average Bonchev–Trinajstić information content (AvgIpc) is 2.95. The van der Waals surface area contributed by atoms with Crippen molar-refractivity contribution >= 4 is 23.7 Å². The van der Waals surface area contributed by atoms with Crippen molar-refractivity contribution < 1.29 is 23.9 Å². The van der Waals surface area contributed by atoms with Crippen LogP contribution in [0.15, 0.2) is 24.3 Å². The molecule has 4 rings (SSSR count). The Bertz CT molecular complexity index is 962. The number of carbonyl (C=O) groups excluding carboxylic acids is 3. The number of piperidine rings is 1. The Balaban J connectivity index is 1.40. The van der Waals surface area contributed by atoms with Crippen LogP contribution < -0.4 is 5.73 Å². The fraction of sp³-hybridized carbons (Fsp3) is 0.630. The second-order valence-corrected chi connectivity index (χ2v) is 10.2. The van der Waals surface area contributed by atoms with Crippen molar-refractivity contribution in [2.45, 2.75) is 50.5 Å². The van der Waals surface area contributed by atoms with Crippen LogP contribution in [0.3, 0.4) is 0 Å². The highest BCUT2D eigenvalue weighted by atomic mass is 16.5. The lowest BCUT2D eigenvalue weighted by Gasteiger charge is -2.41. The number of amides is 3. The minimum atomic E-state index is -0.195. The zero-order chi connectivity index (χ0) is 26.4. The van der Waals surface area contributed by atoms with Crippen molar-refractivity contribution in [1.29, 1.82) is 5.41 Å². The van der Waals surface area contributed by atoms with Crippen molar-refractivity contribution in [2.24, 2.45) is 11.7 Å². The number of ether oxygens (including phenoxy) is 2. The van der Waals surface area contributed by atoms with E-state index >= 15 is 0 Å². The highest BCUT2D eigenvalue weighted by Crippen LogP contribution is 2.32. The number of morpholine rings is 1. The van der Waals surface area contributed by atoms with Crippen LogP contribution in [-0.4, -0.2) is 97.5 Å². The number of rotatable bonds is 6. The Morgan fingerprint density at radius 1 is 0.973 bits per heavy atom. The highest BCUT2D eigenvalue weighted by molar-refractivity contribution is 5.94. The number of nitrogens with two attached hydrogens (primary N) is 1. The molecule has 0 atom stereocenters. The van der Waals surface area contributed by atoms with E-state index in [2.05, 4.69) is 0 Å². The third-order valence-electron chi connectivity index (χ3n) is 8.05. The molecule has 2 saturated heterocycles. The summed E-state index contributed by atoms with van der Waals surface area (Å²) in [6.45, 7) is 3.43. The van der Waals surface area contributed by atoms with Crippen LogP contribution in [0.25, 0.3) is 0 Å². The van der Waals surface area contributed by atoms with Crippen molar-refractivity contribution in [3.63, 3.8) is 0 Å². The van der Waals surface area contributed by atoms with Gasteiger partial charge in [-0.15, -0.1) is 0 Å². The van der Waals surface area contributed by atoms with Gasteiger partial charge in [-0.2, -0.15) is 0 Å². The van der Waals surface area contributed by atoms with E-state index in [1.807, 2.05) is 29.2 Å². The number of hydrogen-bond donors (Lipinski definition) is 2. The monoisotopic (exact) mass is 513 g/mol. The van der Waals surface area contributed by atoms with Crippen LogP contribution in [0.1, 0.15) is 55.6 Å². The maximum absolute atomic E-state index is 13.8. The van der Waals surface area contributed by atoms with E-state index in [1.54, 1.807) is 9.80 Å². The van der Waals surface area contributed by atoms with Gasteiger partial charge >= 0.3 is 12.0 Å². The summed E-state index contributed by atoms with van der Waals surface area (Å²) in [5, 5.41) is 7.58. The molecule has 202 valence electrons. The summed E-state index contributed by atoms with van der Waals surface area (Å²) in [6.07, 6.45) is 4.36. The molecule has 2 heterocycles. The first-order valence-electron chi connectivity index (χ1n) is 13.3. The third kappa shape index (κ3) is 6.60. The van der Waals surface area contributed by atoms with Gasteiger partial charge in [0.05, 0.1) is 26.2 Å². The quantitative estimate of drug-likeness (QED) is 0.341. The van der Waals surface area contributed by atoms with Crippen LogP contribution in [0, 0.1) is 11.3 Å². The number of nitrogen functional groups attached to an aromatic ring is 1. The second kappa shape index (κ2) is 12.4. The maximum Gasteiger partial charge on any atom is 0.320 e. The molecule has 2 aliphatic heterocycles. The molecule has 0 aromatic heterocycles. The van der Waals surface area contributed by atoms with E-state index in [0.717, 1.165) is 12.8 Å². The van der Waals surface area contributed by atoms with E-state index in [1.165, 1.54) is 12.7 Å². The van der Waals surface area contributed by atoms with E-state index in [9.17, 15) is 14.4 Å². The number of carbonyl (C=O) groups is 3. The van der Waals surface area contributed by atoms with Gasteiger partial charge in [0.15, 0.2) is 0 Å². The van der Waals surface area contributed by atoms with Crippen LogP contribution in [-0.2, 0) is 19.1 Å². The standard InChI is InChI=1S/C27H39N5O5/c1-36-26(34)22-6-8-23(9-7-22)32(18-24(33)30-14-16-37-17-15-30)27(35)31-12-10-20(11-13-31)19-2-4-21(5-3-19)25(28)29/h2-5,20,22-23H,6-18H2,1H3,(H3,28,29). The first-order valence-corrected chi connectivity index (χ1v) is 13.3. The van der Waals surface area contributed by atoms with Crippen molar-refractivity contribution in [3.8, 4) is 0 Å². The molecule has 3 aliphatic rings. The smallest absolute Gasteiger partial charge is 0.320 e. The maximum atomic E-state index is 13.8. The van der Waals surface area contributed by atoms with E-state index in [-0.39, 0.29) is 42.2 Å². The largest absolute Gasteiger partial charge is 0.469 e. The number of likely N-dealkylation sites (tertiary alicyclic amines) is 1. The molecule has 3 fully saturated rings. The molecule has 3 amide bonds. The third-order valence-corrected chi connectivity index (χ3v) is 8.05. The molecule has 1 aromatic rings. The zero-order valence-electron chi connectivity index (χ0n) is 21.7. The van der Waals surface area contributed by atoms with Gasteiger partial charge < -0.3 is 29.9 Å². The van der Waals surface area contributed by atoms with Crippen LogP contribution in [0.4, 0.5) is 4.79 Å². The lowest BCUT2D eigenvalue weighted by atomic mass is 9.85. The molecule has 10 nitrogen and oxygen atoms in total. The summed E-state index contributed by atoms with van der Waals surface area (Å²) in [5.74, 6) is 0.00730. The fourth-order valence-corrected chi connectivity index (χ4v) is 5.72. The van der Waals surface area contributed by atoms with Gasteiger partial charge in [-0.25, -0.2) is 4.79 Å². The Hall–Kier alpha value is -3.14. The van der Waals surface area contributed by atoms with E-state index in [4.69, 9.17) is 20.6 Å². The lowest BCUT2D eigenvalue weighted by molar-refractivity contribution is -0.147. The van der Waals surface area contributed by atoms with Gasteiger partial charge in [-0.05, 0) is 50.0 Å².